The second kappa shape index (κ2) is 5.21. The van der Waals surface area contributed by atoms with Crippen LogP contribution in [0, 0.1) is 0 Å². The number of rotatable bonds is 1. The van der Waals surface area contributed by atoms with Crippen molar-refractivity contribution in [3.63, 3.8) is 0 Å². The first kappa shape index (κ1) is 13.1. The molecular weight excluding hydrogens is 250 g/mol. The average Bonchev–Trinajstić information content (AvgIpc) is 2.46. The molecule has 0 bridgehead atoms. The van der Waals surface area contributed by atoms with Crippen molar-refractivity contribution in [2.24, 2.45) is 5.73 Å². The summed E-state index contributed by atoms with van der Waals surface area (Å²) in [4.78, 5) is 19.1. The van der Waals surface area contributed by atoms with Crippen molar-refractivity contribution in [1.29, 1.82) is 0 Å². The Morgan fingerprint density at radius 1 is 1.35 bits per heavy atom. The molecule has 3 rings (SSSR count). The Morgan fingerprint density at radius 2 is 2.15 bits per heavy atom. The number of hydrogen-bond donors (Lipinski definition) is 1. The molecule has 1 saturated heterocycles. The zero-order valence-corrected chi connectivity index (χ0v) is 11.6. The molecular formula is C16H19N3O. The summed E-state index contributed by atoms with van der Waals surface area (Å²) in [7, 11) is 0. The predicted octanol–water partition coefficient (Wildman–Crippen LogP) is 2.19. The number of fused-ring (bicyclic) bond motifs is 1. The Morgan fingerprint density at radius 3 is 2.95 bits per heavy atom. The molecule has 1 aromatic carbocycles. The number of amides is 1. The topological polar surface area (TPSA) is 59.2 Å². The highest BCUT2D eigenvalue weighted by molar-refractivity contribution is 6.05. The number of nitrogens with zero attached hydrogens (tertiary/aromatic N) is 2. The van der Waals surface area contributed by atoms with Gasteiger partial charge in [-0.25, -0.2) is 0 Å². The van der Waals surface area contributed by atoms with Gasteiger partial charge in [-0.15, -0.1) is 0 Å². The minimum Gasteiger partial charge on any atom is -0.336 e. The van der Waals surface area contributed by atoms with Crippen LogP contribution in [0.2, 0.25) is 0 Å². The molecule has 2 aromatic rings. The molecule has 1 fully saturated rings. The predicted molar refractivity (Wildman–Crippen MR) is 79.5 cm³/mol. The fourth-order valence-electron chi connectivity index (χ4n) is 2.94. The van der Waals surface area contributed by atoms with Gasteiger partial charge in [0.1, 0.15) is 0 Å². The molecule has 0 saturated carbocycles. The van der Waals surface area contributed by atoms with Crippen LogP contribution < -0.4 is 5.73 Å². The third kappa shape index (κ3) is 2.27. The van der Waals surface area contributed by atoms with Crippen LogP contribution in [0.15, 0.2) is 36.5 Å². The molecule has 0 aliphatic carbocycles. The van der Waals surface area contributed by atoms with Crippen molar-refractivity contribution < 1.29 is 4.79 Å². The zero-order chi connectivity index (χ0) is 14.1. The third-order valence-electron chi connectivity index (χ3n) is 4.04. The van der Waals surface area contributed by atoms with E-state index >= 15 is 0 Å². The second-order valence-corrected chi connectivity index (χ2v) is 5.51. The molecule has 2 N–H and O–H groups in total. The van der Waals surface area contributed by atoms with Gasteiger partial charge in [0, 0.05) is 30.2 Å². The van der Waals surface area contributed by atoms with Crippen molar-refractivity contribution in [3.8, 4) is 0 Å². The summed E-state index contributed by atoms with van der Waals surface area (Å²) in [6.45, 7) is 2.79. The lowest BCUT2D eigenvalue weighted by Crippen LogP contribution is -2.48. The molecule has 0 radical (unpaired) electrons. The van der Waals surface area contributed by atoms with E-state index in [1.807, 2.05) is 35.2 Å². The SMILES string of the molecule is CC1CC(N)CCN1C(=O)c1cccc2cccnc12. The van der Waals surface area contributed by atoms with Crippen LogP contribution in [0.1, 0.15) is 30.1 Å². The summed E-state index contributed by atoms with van der Waals surface area (Å²) in [6, 6.07) is 10.0. The van der Waals surface area contributed by atoms with E-state index in [9.17, 15) is 4.79 Å². The van der Waals surface area contributed by atoms with Gasteiger partial charge < -0.3 is 10.6 Å². The number of carbonyl (C=O) groups excluding carboxylic acids is 1. The normalized spacial score (nSPS) is 23.0. The van der Waals surface area contributed by atoms with E-state index < -0.39 is 0 Å². The molecule has 2 heterocycles. The highest BCUT2D eigenvalue weighted by Gasteiger charge is 2.28. The van der Waals surface area contributed by atoms with E-state index in [1.54, 1.807) is 6.20 Å². The third-order valence-corrected chi connectivity index (χ3v) is 4.04. The van der Waals surface area contributed by atoms with Crippen LogP contribution in [0.25, 0.3) is 10.9 Å². The van der Waals surface area contributed by atoms with E-state index in [2.05, 4.69) is 11.9 Å². The van der Waals surface area contributed by atoms with Gasteiger partial charge in [0.05, 0.1) is 11.1 Å². The molecule has 2 unspecified atom stereocenters. The number of benzene rings is 1. The van der Waals surface area contributed by atoms with Crippen LogP contribution in [0.3, 0.4) is 0 Å². The summed E-state index contributed by atoms with van der Waals surface area (Å²) < 4.78 is 0. The number of pyridine rings is 1. The maximum Gasteiger partial charge on any atom is 0.256 e. The van der Waals surface area contributed by atoms with E-state index in [0.29, 0.717) is 5.56 Å². The second-order valence-electron chi connectivity index (χ2n) is 5.51. The first-order valence-electron chi connectivity index (χ1n) is 7.07. The highest BCUT2D eigenvalue weighted by atomic mass is 16.2. The Labute approximate surface area is 118 Å². The molecule has 1 aliphatic rings. The molecule has 4 heteroatoms. The fraction of sp³-hybridized carbons (Fsp3) is 0.375. The van der Waals surface area contributed by atoms with Crippen molar-refractivity contribution >= 4 is 16.8 Å². The van der Waals surface area contributed by atoms with Gasteiger partial charge in [-0.1, -0.05) is 18.2 Å². The summed E-state index contributed by atoms with van der Waals surface area (Å²) >= 11 is 0. The Hall–Kier alpha value is -1.94. The van der Waals surface area contributed by atoms with Gasteiger partial charge in [-0.3, -0.25) is 9.78 Å². The first-order valence-corrected chi connectivity index (χ1v) is 7.07. The van der Waals surface area contributed by atoms with Crippen LogP contribution in [-0.4, -0.2) is 34.4 Å². The number of aromatic nitrogens is 1. The van der Waals surface area contributed by atoms with Gasteiger partial charge in [0.15, 0.2) is 0 Å². The molecule has 1 amide bonds. The highest BCUT2D eigenvalue weighted by Crippen LogP contribution is 2.22. The molecule has 2 atom stereocenters. The number of piperidine rings is 1. The monoisotopic (exact) mass is 269 g/mol. The smallest absolute Gasteiger partial charge is 0.256 e. The van der Waals surface area contributed by atoms with E-state index in [1.165, 1.54) is 0 Å². The fourth-order valence-corrected chi connectivity index (χ4v) is 2.94. The summed E-state index contributed by atoms with van der Waals surface area (Å²) in [5.41, 5.74) is 7.43. The van der Waals surface area contributed by atoms with Gasteiger partial charge in [0.2, 0.25) is 0 Å². The average molecular weight is 269 g/mol. The quantitative estimate of drug-likeness (QED) is 0.863. The van der Waals surface area contributed by atoms with Gasteiger partial charge >= 0.3 is 0 Å². The van der Waals surface area contributed by atoms with E-state index in [0.717, 1.165) is 30.3 Å². The number of likely N-dealkylation sites (tertiary alicyclic amines) is 1. The molecule has 4 nitrogen and oxygen atoms in total. The van der Waals surface area contributed by atoms with Gasteiger partial charge in [0.25, 0.3) is 5.91 Å². The lowest BCUT2D eigenvalue weighted by atomic mass is 9.97. The van der Waals surface area contributed by atoms with Crippen molar-refractivity contribution in [2.75, 3.05) is 6.54 Å². The van der Waals surface area contributed by atoms with Crippen molar-refractivity contribution in [2.45, 2.75) is 31.8 Å². The largest absolute Gasteiger partial charge is 0.336 e. The van der Waals surface area contributed by atoms with Crippen molar-refractivity contribution in [3.05, 3.63) is 42.1 Å². The summed E-state index contributed by atoms with van der Waals surface area (Å²) in [6.07, 6.45) is 3.47. The number of para-hydroxylation sites is 1. The number of hydrogen-bond acceptors (Lipinski definition) is 3. The minimum atomic E-state index is 0.0636. The Balaban J connectivity index is 1.97. The summed E-state index contributed by atoms with van der Waals surface area (Å²) in [5, 5.41) is 1.000. The maximum atomic E-state index is 12.8. The van der Waals surface area contributed by atoms with Crippen LogP contribution in [0.4, 0.5) is 0 Å². The zero-order valence-electron chi connectivity index (χ0n) is 11.6. The van der Waals surface area contributed by atoms with Crippen LogP contribution >= 0.6 is 0 Å². The van der Waals surface area contributed by atoms with Gasteiger partial charge in [-0.2, -0.15) is 0 Å². The molecule has 1 aromatic heterocycles. The first-order chi connectivity index (χ1) is 9.66. The lowest BCUT2D eigenvalue weighted by Gasteiger charge is -2.36. The number of carbonyl (C=O) groups is 1. The lowest BCUT2D eigenvalue weighted by molar-refractivity contribution is 0.0621. The molecule has 1 aliphatic heterocycles. The Kier molecular flexibility index (Phi) is 3.40. The number of nitrogens with two attached hydrogens (primary N) is 1. The molecule has 20 heavy (non-hydrogen) atoms. The minimum absolute atomic E-state index is 0.0636. The molecule has 104 valence electrons. The van der Waals surface area contributed by atoms with Crippen LogP contribution in [0.5, 0.6) is 0 Å². The maximum absolute atomic E-state index is 12.8. The summed E-state index contributed by atoms with van der Waals surface area (Å²) in [5.74, 6) is 0.0636. The van der Waals surface area contributed by atoms with Gasteiger partial charge in [-0.05, 0) is 31.9 Å². The Bertz CT molecular complexity index is 635. The van der Waals surface area contributed by atoms with E-state index in [4.69, 9.17) is 5.73 Å². The van der Waals surface area contributed by atoms with E-state index in [-0.39, 0.29) is 18.0 Å². The standard InChI is InChI=1S/C16H19N3O/c1-11-10-13(17)7-9-19(11)16(20)14-6-2-4-12-5-3-8-18-15(12)14/h2-6,8,11,13H,7,9-10,17H2,1H3. The van der Waals surface area contributed by atoms with Crippen molar-refractivity contribution in [1.82, 2.24) is 9.88 Å². The molecule has 0 spiro atoms. The van der Waals surface area contributed by atoms with Crippen LogP contribution in [-0.2, 0) is 0 Å².